The van der Waals surface area contributed by atoms with Crippen LogP contribution >= 0.6 is 10.7 Å². The molecule has 0 saturated heterocycles. The molecule has 0 spiro atoms. The molecule has 0 aliphatic rings. The summed E-state index contributed by atoms with van der Waals surface area (Å²) in [5.41, 5.74) is 0.363. The maximum atomic E-state index is 12.3. The zero-order chi connectivity index (χ0) is 18.6. The fourth-order valence-electron chi connectivity index (χ4n) is 1.99. The number of nitrogens with zero attached hydrogens (tertiary/aromatic N) is 1. The van der Waals surface area contributed by atoms with Crippen molar-refractivity contribution in [2.24, 2.45) is 0 Å². The minimum Gasteiger partial charge on any atom is -0.465 e. The molecule has 0 aliphatic heterocycles. The van der Waals surface area contributed by atoms with E-state index in [9.17, 15) is 18.0 Å². The fourth-order valence-corrected chi connectivity index (χ4v) is 2.78. The van der Waals surface area contributed by atoms with Crippen molar-refractivity contribution < 1.29 is 22.7 Å². The summed E-state index contributed by atoms with van der Waals surface area (Å²) in [4.78, 5) is 23.9. The lowest BCUT2D eigenvalue weighted by Crippen LogP contribution is -2.16. The van der Waals surface area contributed by atoms with E-state index in [1.807, 2.05) is 6.07 Å². The zero-order valence-electron chi connectivity index (χ0n) is 12.8. The molecule has 2 aromatic rings. The van der Waals surface area contributed by atoms with E-state index in [4.69, 9.17) is 15.9 Å². The lowest BCUT2D eigenvalue weighted by atomic mass is 10.1. The van der Waals surface area contributed by atoms with E-state index < -0.39 is 20.9 Å². The van der Waals surface area contributed by atoms with Crippen molar-refractivity contribution >= 4 is 37.3 Å². The highest BCUT2D eigenvalue weighted by Gasteiger charge is 2.17. The van der Waals surface area contributed by atoms with Crippen LogP contribution in [-0.4, -0.2) is 27.4 Å². The van der Waals surface area contributed by atoms with Crippen molar-refractivity contribution in [1.29, 1.82) is 5.26 Å². The number of hydrogen-bond donors (Lipinski definition) is 1. The number of anilines is 1. The number of halogens is 1. The van der Waals surface area contributed by atoms with Crippen LogP contribution in [0.1, 0.15) is 26.3 Å². The van der Waals surface area contributed by atoms with Crippen LogP contribution in [0.5, 0.6) is 0 Å². The van der Waals surface area contributed by atoms with Gasteiger partial charge in [-0.3, -0.25) is 4.79 Å². The second-order valence-corrected chi connectivity index (χ2v) is 7.35. The summed E-state index contributed by atoms with van der Waals surface area (Å²) in [7, 11) is 2.45. The Morgan fingerprint density at radius 3 is 2.52 bits per heavy atom. The number of rotatable bonds is 4. The van der Waals surface area contributed by atoms with Crippen LogP contribution in [0.2, 0.25) is 0 Å². The normalized spacial score (nSPS) is 10.6. The molecule has 1 N–H and O–H groups in total. The largest absolute Gasteiger partial charge is 0.465 e. The van der Waals surface area contributed by atoms with E-state index >= 15 is 0 Å². The predicted molar refractivity (Wildman–Crippen MR) is 89.9 cm³/mol. The van der Waals surface area contributed by atoms with Gasteiger partial charge in [-0.15, -0.1) is 0 Å². The Morgan fingerprint density at radius 2 is 1.92 bits per heavy atom. The highest BCUT2D eigenvalue weighted by Crippen LogP contribution is 2.21. The number of carbonyl (C=O) groups excluding carboxylic acids is 2. The van der Waals surface area contributed by atoms with Gasteiger partial charge in [0.2, 0.25) is 0 Å². The number of ether oxygens (including phenoxy) is 1. The number of esters is 1. The molecule has 1 amide bonds. The van der Waals surface area contributed by atoms with Crippen molar-refractivity contribution in [1.82, 2.24) is 0 Å². The van der Waals surface area contributed by atoms with Gasteiger partial charge in [-0.1, -0.05) is 6.07 Å². The highest BCUT2D eigenvalue weighted by molar-refractivity contribution is 8.13. The molecule has 0 unspecified atom stereocenters. The highest BCUT2D eigenvalue weighted by atomic mass is 35.7. The third-order valence-electron chi connectivity index (χ3n) is 3.18. The Kier molecular flexibility index (Phi) is 5.41. The summed E-state index contributed by atoms with van der Waals surface area (Å²) in [6.45, 7) is 0. The Labute approximate surface area is 148 Å². The van der Waals surface area contributed by atoms with Gasteiger partial charge < -0.3 is 10.1 Å². The molecule has 9 heteroatoms. The Bertz CT molecular complexity index is 996. The zero-order valence-corrected chi connectivity index (χ0v) is 14.4. The molecule has 0 aromatic heterocycles. The number of nitrogens with one attached hydrogen (secondary N) is 1. The van der Waals surface area contributed by atoms with Gasteiger partial charge in [-0.2, -0.15) is 5.26 Å². The van der Waals surface area contributed by atoms with Crippen LogP contribution in [0.25, 0.3) is 0 Å². The number of methoxy groups -OCH3 is 1. The van der Waals surface area contributed by atoms with Crippen LogP contribution in [0.15, 0.2) is 47.4 Å². The standard InChI is InChI=1S/C16H11ClN2O5S/c1-24-16(21)13-7-10(9-18)5-6-14(13)19-15(20)11-3-2-4-12(8-11)25(17,22)23/h2-8H,1H3,(H,19,20). The van der Waals surface area contributed by atoms with E-state index in [1.54, 1.807) is 0 Å². The van der Waals surface area contributed by atoms with Crippen LogP contribution in [0.4, 0.5) is 5.69 Å². The minimum atomic E-state index is -3.98. The summed E-state index contributed by atoms with van der Waals surface area (Å²) >= 11 is 0. The summed E-state index contributed by atoms with van der Waals surface area (Å²) in [5, 5.41) is 11.4. The van der Waals surface area contributed by atoms with Crippen molar-refractivity contribution in [3.8, 4) is 6.07 Å². The predicted octanol–water partition coefficient (Wildman–Crippen LogP) is 2.52. The van der Waals surface area contributed by atoms with Crippen molar-refractivity contribution in [3.05, 3.63) is 59.2 Å². The van der Waals surface area contributed by atoms with Crippen LogP contribution in [0, 0.1) is 11.3 Å². The Hall–Kier alpha value is -2.89. The van der Waals surface area contributed by atoms with Gasteiger partial charge in [0.1, 0.15) is 0 Å². The van der Waals surface area contributed by atoms with Gasteiger partial charge in [0, 0.05) is 16.2 Å². The summed E-state index contributed by atoms with van der Waals surface area (Å²) < 4.78 is 27.4. The van der Waals surface area contributed by atoms with Crippen molar-refractivity contribution in [2.45, 2.75) is 4.90 Å². The molecule has 0 saturated carbocycles. The number of carbonyl (C=O) groups is 2. The summed E-state index contributed by atoms with van der Waals surface area (Å²) in [6, 6.07) is 11.1. The topological polar surface area (TPSA) is 113 Å². The van der Waals surface area contributed by atoms with Crippen molar-refractivity contribution in [2.75, 3.05) is 12.4 Å². The van der Waals surface area contributed by atoms with Gasteiger partial charge in [0.25, 0.3) is 15.0 Å². The number of hydrogen-bond acceptors (Lipinski definition) is 6. The summed E-state index contributed by atoms with van der Waals surface area (Å²) in [6.07, 6.45) is 0. The number of amides is 1. The quantitative estimate of drug-likeness (QED) is 0.646. The molecule has 2 aromatic carbocycles. The molecule has 0 fully saturated rings. The van der Waals surface area contributed by atoms with Crippen LogP contribution in [0.3, 0.4) is 0 Å². The van der Waals surface area contributed by atoms with Gasteiger partial charge >= 0.3 is 5.97 Å². The first kappa shape index (κ1) is 18.4. The first-order valence-corrected chi connectivity index (χ1v) is 9.05. The lowest BCUT2D eigenvalue weighted by molar-refractivity contribution is 0.0602. The molecular weight excluding hydrogens is 368 g/mol. The number of benzene rings is 2. The third-order valence-corrected chi connectivity index (χ3v) is 4.53. The van der Waals surface area contributed by atoms with E-state index in [0.29, 0.717) is 0 Å². The SMILES string of the molecule is COC(=O)c1cc(C#N)ccc1NC(=O)c1cccc(S(=O)(=O)Cl)c1. The van der Waals surface area contributed by atoms with Crippen molar-refractivity contribution in [3.63, 3.8) is 0 Å². The molecule has 25 heavy (non-hydrogen) atoms. The first-order valence-electron chi connectivity index (χ1n) is 6.75. The molecule has 0 radical (unpaired) electrons. The number of nitriles is 1. The average Bonchev–Trinajstić information content (AvgIpc) is 2.60. The van der Waals surface area contributed by atoms with Gasteiger partial charge in [-0.25, -0.2) is 13.2 Å². The second-order valence-electron chi connectivity index (χ2n) is 4.78. The average molecular weight is 379 g/mol. The van der Waals surface area contributed by atoms with E-state index in [2.05, 4.69) is 10.1 Å². The third kappa shape index (κ3) is 4.35. The Balaban J connectivity index is 2.39. The fraction of sp³-hybridized carbons (Fsp3) is 0.0625. The maximum absolute atomic E-state index is 12.3. The molecular formula is C16H11ClN2O5S. The lowest BCUT2D eigenvalue weighted by Gasteiger charge is -2.10. The molecule has 0 bridgehead atoms. The van der Waals surface area contributed by atoms with Crippen LogP contribution < -0.4 is 5.32 Å². The minimum absolute atomic E-state index is 0.00369. The van der Waals surface area contributed by atoms with E-state index in [1.165, 1.54) is 43.5 Å². The molecule has 2 rings (SSSR count). The van der Waals surface area contributed by atoms with E-state index in [0.717, 1.165) is 6.07 Å². The molecule has 0 aliphatic carbocycles. The van der Waals surface area contributed by atoms with Gasteiger partial charge in [-0.05, 0) is 36.4 Å². The van der Waals surface area contributed by atoms with E-state index in [-0.39, 0.29) is 27.3 Å². The monoisotopic (exact) mass is 378 g/mol. The molecule has 7 nitrogen and oxygen atoms in total. The first-order chi connectivity index (χ1) is 11.8. The van der Waals surface area contributed by atoms with Crippen LogP contribution in [-0.2, 0) is 13.8 Å². The molecule has 0 atom stereocenters. The molecule has 128 valence electrons. The Morgan fingerprint density at radius 1 is 1.20 bits per heavy atom. The maximum Gasteiger partial charge on any atom is 0.340 e. The van der Waals surface area contributed by atoms with Gasteiger partial charge in [0.05, 0.1) is 34.9 Å². The summed E-state index contributed by atoms with van der Waals surface area (Å²) in [5.74, 6) is -1.39. The smallest absolute Gasteiger partial charge is 0.340 e. The van der Waals surface area contributed by atoms with Gasteiger partial charge in [0.15, 0.2) is 0 Å². The second kappa shape index (κ2) is 7.34. The molecule has 0 heterocycles.